The second-order valence-electron chi connectivity index (χ2n) is 4.96. The van der Waals surface area contributed by atoms with Crippen molar-refractivity contribution in [2.24, 2.45) is 0 Å². The summed E-state index contributed by atoms with van der Waals surface area (Å²) < 4.78 is 0. The fourth-order valence-electron chi connectivity index (χ4n) is 2.74. The van der Waals surface area contributed by atoms with Crippen LogP contribution in [-0.2, 0) is 0 Å². The quantitative estimate of drug-likeness (QED) is 0.426. The lowest BCUT2D eigenvalue weighted by Gasteiger charge is -2.38. The van der Waals surface area contributed by atoms with E-state index in [0.717, 1.165) is 5.01 Å². The molecule has 0 N–H and O–H groups in total. The smallest absolute Gasteiger partial charge is 0.207 e. The largest absolute Gasteiger partial charge is 0.282 e. The molecule has 112 valence electrons. The van der Waals surface area contributed by atoms with Gasteiger partial charge in [-0.05, 0) is 7.05 Å². The van der Waals surface area contributed by atoms with Crippen molar-refractivity contribution < 1.29 is 15.1 Å². The Balaban J connectivity index is 2.34. The molecule has 2 aliphatic heterocycles. The van der Waals surface area contributed by atoms with Gasteiger partial charge in [0.05, 0.1) is 0 Å². The SMILES string of the molecule is CN1CN([N+](=O)[O-])C2(C1)CN([N+](=O)[O-])CN([N+](=O)[O-])C2. The minimum Gasteiger partial charge on any atom is -0.282 e. The highest BCUT2D eigenvalue weighted by Gasteiger charge is 2.58. The topological polar surface area (TPSA) is 142 Å². The highest BCUT2D eigenvalue weighted by Crippen LogP contribution is 2.29. The normalized spacial score (nSPS) is 22.4. The summed E-state index contributed by atoms with van der Waals surface area (Å²) >= 11 is 0. The molecule has 0 aromatic rings. The molecule has 13 nitrogen and oxygen atoms in total. The first-order valence-electron chi connectivity index (χ1n) is 5.64. The zero-order valence-corrected chi connectivity index (χ0v) is 10.6. The maximum atomic E-state index is 11.1. The second-order valence-corrected chi connectivity index (χ2v) is 4.96. The number of rotatable bonds is 3. The summed E-state index contributed by atoms with van der Waals surface area (Å²) in [7, 11) is 1.62. The van der Waals surface area contributed by atoms with E-state index in [2.05, 4.69) is 0 Å². The van der Waals surface area contributed by atoms with E-state index in [-0.39, 0.29) is 26.3 Å². The van der Waals surface area contributed by atoms with Crippen molar-refractivity contribution in [3.63, 3.8) is 0 Å². The van der Waals surface area contributed by atoms with Crippen molar-refractivity contribution in [3.05, 3.63) is 30.3 Å². The van der Waals surface area contributed by atoms with E-state index in [1.54, 1.807) is 11.9 Å². The first-order valence-corrected chi connectivity index (χ1v) is 5.64. The number of hydrogen-bond acceptors (Lipinski definition) is 7. The molecule has 0 bridgehead atoms. The third-order valence-electron chi connectivity index (χ3n) is 3.43. The molecule has 1 spiro atoms. The van der Waals surface area contributed by atoms with E-state index in [1.807, 2.05) is 0 Å². The molecular formula is C7H13N7O6. The number of hydrogen-bond donors (Lipinski definition) is 0. The third kappa shape index (κ3) is 2.22. The Morgan fingerprint density at radius 2 is 1.35 bits per heavy atom. The van der Waals surface area contributed by atoms with Gasteiger partial charge in [0.1, 0.15) is 19.8 Å². The van der Waals surface area contributed by atoms with Crippen LogP contribution in [0, 0.1) is 30.3 Å². The number of hydrazine groups is 3. The molecule has 0 aliphatic carbocycles. The predicted molar refractivity (Wildman–Crippen MR) is 61.3 cm³/mol. The molecule has 0 amide bonds. The van der Waals surface area contributed by atoms with E-state index in [9.17, 15) is 30.3 Å². The molecule has 0 unspecified atom stereocenters. The second kappa shape index (κ2) is 4.59. The fraction of sp³-hybridized carbons (Fsp3) is 1.00. The van der Waals surface area contributed by atoms with Crippen LogP contribution in [0.4, 0.5) is 0 Å². The van der Waals surface area contributed by atoms with Crippen LogP contribution in [0.15, 0.2) is 0 Å². The maximum Gasteiger partial charge on any atom is 0.207 e. The van der Waals surface area contributed by atoms with E-state index in [0.29, 0.717) is 10.0 Å². The molecule has 2 saturated heterocycles. The minimum absolute atomic E-state index is 0.0376. The molecule has 0 aromatic carbocycles. The van der Waals surface area contributed by atoms with Crippen LogP contribution in [0.5, 0.6) is 0 Å². The Labute approximate surface area is 112 Å². The molecule has 0 atom stereocenters. The Hall–Kier alpha value is -2.44. The fourth-order valence-corrected chi connectivity index (χ4v) is 2.74. The minimum atomic E-state index is -1.28. The van der Waals surface area contributed by atoms with Gasteiger partial charge in [0, 0.05) is 6.54 Å². The highest BCUT2D eigenvalue weighted by atomic mass is 16.7. The molecule has 2 rings (SSSR count). The Morgan fingerprint density at radius 3 is 1.75 bits per heavy atom. The molecule has 2 heterocycles. The zero-order valence-electron chi connectivity index (χ0n) is 10.6. The Kier molecular flexibility index (Phi) is 3.21. The summed E-state index contributed by atoms with van der Waals surface area (Å²) in [4.78, 5) is 34.5. The Bertz CT molecular complexity index is 435. The number of nitro groups is 3. The molecule has 0 aromatic heterocycles. The zero-order chi connectivity index (χ0) is 15.1. The van der Waals surface area contributed by atoms with Crippen LogP contribution >= 0.6 is 0 Å². The van der Waals surface area contributed by atoms with Gasteiger partial charge in [-0.2, -0.15) is 0 Å². The van der Waals surface area contributed by atoms with Gasteiger partial charge in [0.25, 0.3) is 0 Å². The van der Waals surface area contributed by atoms with Crippen molar-refractivity contribution in [1.82, 2.24) is 19.9 Å². The van der Waals surface area contributed by atoms with Gasteiger partial charge in [-0.25, -0.2) is 30.3 Å². The molecule has 0 saturated carbocycles. The van der Waals surface area contributed by atoms with E-state index in [1.165, 1.54) is 0 Å². The maximum absolute atomic E-state index is 11.1. The van der Waals surface area contributed by atoms with Crippen molar-refractivity contribution in [2.45, 2.75) is 5.54 Å². The van der Waals surface area contributed by atoms with Crippen molar-refractivity contribution in [3.8, 4) is 0 Å². The first kappa shape index (κ1) is 14.0. The van der Waals surface area contributed by atoms with Gasteiger partial charge < -0.3 is 0 Å². The molecule has 2 fully saturated rings. The van der Waals surface area contributed by atoms with Gasteiger partial charge >= 0.3 is 0 Å². The van der Waals surface area contributed by atoms with Crippen LogP contribution in [0.2, 0.25) is 0 Å². The van der Waals surface area contributed by atoms with Crippen LogP contribution < -0.4 is 0 Å². The van der Waals surface area contributed by atoms with Crippen LogP contribution in [-0.4, -0.2) is 80.6 Å². The predicted octanol–water partition coefficient (Wildman–Crippen LogP) is -1.92. The summed E-state index contributed by atoms with van der Waals surface area (Å²) in [5.41, 5.74) is -1.28. The van der Waals surface area contributed by atoms with Gasteiger partial charge in [-0.1, -0.05) is 0 Å². The third-order valence-corrected chi connectivity index (χ3v) is 3.43. The summed E-state index contributed by atoms with van der Waals surface area (Å²) in [6, 6.07) is 0. The lowest BCUT2D eigenvalue weighted by molar-refractivity contribution is -0.737. The summed E-state index contributed by atoms with van der Waals surface area (Å²) in [6.07, 6.45) is 0. The van der Waals surface area contributed by atoms with E-state index >= 15 is 0 Å². The lowest BCUT2D eigenvalue weighted by Crippen LogP contribution is -2.68. The van der Waals surface area contributed by atoms with Crippen molar-refractivity contribution >= 4 is 0 Å². The van der Waals surface area contributed by atoms with Gasteiger partial charge in [0.2, 0.25) is 6.67 Å². The molecule has 13 heteroatoms. The van der Waals surface area contributed by atoms with Crippen LogP contribution in [0.1, 0.15) is 0 Å². The molecule has 20 heavy (non-hydrogen) atoms. The molecule has 2 aliphatic rings. The average molecular weight is 291 g/mol. The summed E-state index contributed by atoms with van der Waals surface area (Å²) in [5, 5.41) is 32.8. The standard InChI is InChI=1S/C7H13N7O6/c1-8-2-7(11(5-8)14(19)20)3-9(12(15)16)6-10(4-7)13(17)18/h2-6H2,1H3. The van der Waals surface area contributed by atoms with Gasteiger partial charge in [-0.3, -0.25) is 4.90 Å². The van der Waals surface area contributed by atoms with Crippen LogP contribution in [0.3, 0.4) is 0 Å². The van der Waals surface area contributed by atoms with E-state index < -0.39 is 27.3 Å². The average Bonchev–Trinajstić information content (AvgIpc) is 2.64. The van der Waals surface area contributed by atoms with Crippen molar-refractivity contribution in [1.29, 1.82) is 0 Å². The number of nitrogens with zero attached hydrogens (tertiary/aromatic N) is 7. The summed E-state index contributed by atoms with van der Waals surface area (Å²) in [6.45, 7) is -0.880. The highest BCUT2D eigenvalue weighted by molar-refractivity contribution is 4.99. The summed E-state index contributed by atoms with van der Waals surface area (Å²) in [5.74, 6) is 0. The lowest BCUT2D eigenvalue weighted by atomic mass is 9.98. The van der Waals surface area contributed by atoms with Crippen molar-refractivity contribution in [2.75, 3.05) is 40.0 Å². The molecule has 0 radical (unpaired) electrons. The number of likely N-dealkylation sites (N-methyl/N-ethyl adjacent to an activating group) is 1. The monoisotopic (exact) mass is 291 g/mol. The Morgan fingerprint density at radius 1 is 0.850 bits per heavy atom. The van der Waals surface area contributed by atoms with Gasteiger partial charge in [-0.15, -0.1) is 15.0 Å². The first-order chi connectivity index (χ1) is 9.25. The van der Waals surface area contributed by atoms with Crippen LogP contribution in [0.25, 0.3) is 0 Å². The van der Waals surface area contributed by atoms with Gasteiger partial charge in [0.15, 0.2) is 20.6 Å². The van der Waals surface area contributed by atoms with E-state index in [4.69, 9.17) is 0 Å². The molecular weight excluding hydrogens is 278 g/mol.